The molecule has 0 amide bonds. The van der Waals surface area contributed by atoms with Crippen LogP contribution in [-0.2, 0) is 20.4 Å². The van der Waals surface area contributed by atoms with Gasteiger partial charge in [0.05, 0.1) is 19.3 Å². The molecule has 32 heavy (non-hydrogen) atoms. The van der Waals surface area contributed by atoms with E-state index in [-0.39, 0.29) is 6.61 Å². The van der Waals surface area contributed by atoms with Crippen LogP contribution in [0.2, 0.25) is 0 Å². The zero-order valence-electron chi connectivity index (χ0n) is 19.8. The molecule has 1 atom stereocenters. The zero-order valence-corrected chi connectivity index (χ0v) is 20.7. The van der Waals surface area contributed by atoms with Gasteiger partial charge < -0.3 is 14.5 Å². The van der Waals surface area contributed by atoms with Crippen molar-refractivity contribution in [2.45, 2.75) is 110 Å². The Labute approximate surface area is 195 Å². The molecule has 1 unspecified atom stereocenters. The van der Waals surface area contributed by atoms with E-state index in [2.05, 4.69) is 23.3 Å². The van der Waals surface area contributed by atoms with Crippen LogP contribution in [0.3, 0.4) is 0 Å². The lowest BCUT2D eigenvalue weighted by Gasteiger charge is -2.16. The highest BCUT2D eigenvalue weighted by molar-refractivity contribution is 7.46. The Bertz CT molecular complexity index is 662. The first-order valence-corrected chi connectivity index (χ1v) is 13.9. The van der Waals surface area contributed by atoms with Crippen molar-refractivity contribution >= 4 is 7.82 Å². The number of benzene rings is 1. The Hall–Kier alpha value is -1.15. The second-order valence-corrected chi connectivity index (χ2v) is 9.64. The van der Waals surface area contributed by atoms with E-state index < -0.39 is 13.9 Å². The van der Waals surface area contributed by atoms with Gasteiger partial charge in [-0.25, -0.2) is 4.57 Å². The molecule has 0 aliphatic heterocycles. The molecule has 6 heteroatoms. The van der Waals surface area contributed by atoms with Crippen LogP contribution in [0.25, 0.3) is 0 Å². The topological polar surface area (TPSA) is 76.0 Å². The predicted octanol–water partition coefficient (Wildman–Crippen LogP) is 7.17. The van der Waals surface area contributed by atoms with Gasteiger partial charge in [0, 0.05) is 12.8 Å². The molecule has 0 heterocycles. The van der Waals surface area contributed by atoms with E-state index in [9.17, 15) is 4.57 Å². The van der Waals surface area contributed by atoms with Gasteiger partial charge in [0.25, 0.3) is 0 Å². The average Bonchev–Trinajstić information content (AvgIpc) is 2.77. The van der Waals surface area contributed by atoms with Crippen molar-refractivity contribution in [3.05, 3.63) is 35.9 Å². The number of unbranched alkanes of at least 4 members (excludes halogenated alkanes) is 12. The van der Waals surface area contributed by atoms with Crippen LogP contribution in [0.15, 0.2) is 30.3 Å². The maximum Gasteiger partial charge on any atom is 0.469 e. The highest BCUT2D eigenvalue weighted by Gasteiger charge is 2.18. The van der Waals surface area contributed by atoms with E-state index >= 15 is 0 Å². The van der Waals surface area contributed by atoms with E-state index in [1.807, 2.05) is 30.3 Å². The number of phosphoric ester groups is 1. The van der Waals surface area contributed by atoms with Crippen molar-refractivity contribution in [2.24, 2.45) is 0 Å². The summed E-state index contributed by atoms with van der Waals surface area (Å²) in [5, 5.41) is 0. The normalized spacial score (nSPS) is 12.3. The Morgan fingerprint density at radius 2 is 1.41 bits per heavy atom. The quantitative estimate of drug-likeness (QED) is 0.128. The van der Waals surface area contributed by atoms with Crippen molar-refractivity contribution in [3.8, 4) is 11.8 Å². The maximum absolute atomic E-state index is 11.0. The summed E-state index contributed by atoms with van der Waals surface area (Å²) in [6.45, 7) is 2.44. The van der Waals surface area contributed by atoms with Crippen LogP contribution < -0.4 is 0 Å². The van der Waals surface area contributed by atoms with E-state index in [1.165, 1.54) is 70.6 Å². The first kappa shape index (κ1) is 28.9. The lowest BCUT2D eigenvalue weighted by atomic mass is 10.0. The summed E-state index contributed by atoms with van der Waals surface area (Å²) in [5.41, 5.74) is 0.998. The van der Waals surface area contributed by atoms with Crippen molar-refractivity contribution in [1.82, 2.24) is 0 Å². The summed E-state index contributed by atoms with van der Waals surface area (Å²) >= 11 is 0. The van der Waals surface area contributed by atoms with Crippen molar-refractivity contribution in [3.63, 3.8) is 0 Å². The molecule has 1 rings (SSSR count). The lowest BCUT2D eigenvalue weighted by Crippen LogP contribution is -2.18. The molecular weight excluding hydrogens is 423 g/mol. The predicted molar refractivity (Wildman–Crippen MR) is 131 cm³/mol. The van der Waals surface area contributed by atoms with Crippen molar-refractivity contribution in [2.75, 3.05) is 6.61 Å². The number of hydrogen-bond acceptors (Lipinski definition) is 3. The SMILES string of the molecule is CCCCCCCCCCCCCCC#CCC(COP(=O)(O)O)OCc1ccccc1. The minimum absolute atomic E-state index is 0.176. The van der Waals surface area contributed by atoms with Gasteiger partial charge in [-0.2, -0.15) is 0 Å². The van der Waals surface area contributed by atoms with Crippen LogP contribution >= 0.6 is 7.82 Å². The van der Waals surface area contributed by atoms with Crippen LogP contribution in [0.4, 0.5) is 0 Å². The molecule has 0 spiro atoms. The fraction of sp³-hybridized carbons (Fsp3) is 0.692. The minimum Gasteiger partial charge on any atom is -0.370 e. The van der Waals surface area contributed by atoms with Gasteiger partial charge in [0.1, 0.15) is 0 Å². The fourth-order valence-corrected chi connectivity index (χ4v) is 3.82. The molecule has 0 saturated carbocycles. The van der Waals surface area contributed by atoms with Gasteiger partial charge in [-0.1, -0.05) is 108 Å². The van der Waals surface area contributed by atoms with Gasteiger partial charge in [0.15, 0.2) is 0 Å². The second kappa shape index (κ2) is 19.3. The van der Waals surface area contributed by atoms with E-state index in [0.717, 1.165) is 18.4 Å². The van der Waals surface area contributed by atoms with Crippen molar-refractivity contribution in [1.29, 1.82) is 0 Å². The molecule has 0 bridgehead atoms. The third-order valence-electron chi connectivity index (χ3n) is 5.37. The zero-order chi connectivity index (χ0) is 23.3. The first-order chi connectivity index (χ1) is 15.5. The number of rotatable bonds is 19. The average molecular weight is 467 g/mol. The Morgan fingerprint density at radius 1 is 0.844 bits per heavy atom. The molecule has 0 saturated heterocycles. The van der Waals surface area contributed by atoms with Crippen LogP contribution in [-0.4, -0.2) is 22.5 Å². The molecule has 0 radical (unpaired) electrons. The van der Waals surface area contributed by atoms with Gasteiger partial charge in [0.2, 0.25) is 0 Å². The summed E-state index contributed by atoms with van der Waals surface area (Å²) in [6, 6.07) is 9.67. The molecule has 2 N–H and O–H groups in total. The third-order valence-corrected chi connectivity index (χ3v) is 5.85. The Morgan fingerprint density at radius 3 is 1.97 bits per heavy atom. The number of hydrogen-bond donors (Lipinski definition) is 2. The molecule has 1 aromatic rings. The summed E-state index contributed by atoms with van der Waals surface area (Å²) in [7, 11) is -4.52. The third kappa shape index (κ3) is 18.4. The van der Waals surface area contributed by atoms with E-state index in [4.69, 9.17) is 14.5 Å². The number of ether oxygens (including phenoxy) is 1. The van der Waals surface area contributed by atoms with Gasteiger partial charge >= 0.3 is 7.82 Å². The van der Waals surface area contributed by atoms with Crippen LogP contribution in [0, 0.1) is 11.8 Å². The van der Waals surface area contributed by atoms with Gasteiger partial charge in [-0.05, 0) is 12.0 Å². The molecule has 1 aromatic carbocycles. The minimum atomic E-state index is -4.52. The molecule has 5 nitrogen and oxygen atoms in total. The fourth-order valence-electron chi connectivity index (χ4n) is 3.46. The Balaban J connectivity index is 2.12. The van der Waals surface area contributed by atoms with Gasteiger partial charge in [-0.15, -0.1) is 11.8 Å². The molecule has 0 fully saturated rings. The monoisotopic (exact) mass is 466 g/mol. The molecule has 0 aliphatic carbocycles. The molecule has 0 aliphatic rings. The smallest absolute Gasteiger partial charge is 0.370 e. The summed E-state index contributed by atoms with van der Waals surface area (Å²) in [5.74, 6) is 6.26. The highest BCUT2D eigenvalue weighted by atomic mass is 31.2. The standard InChI is InChI=1S/C26H43O5P/c1-2-3-4-5-6-7-8-9-10-11-12-13-14-15-19-22-26(24-31-32(27,28)29)30-23-25-20-17-16-18-21-25/h16-18,20-21,26H,2-14,22-24H2,1H3,(H2,27,28,29). The summed E-state index contributed by atoms with van der Waals surface area (Å²) < 4.78 is 21.4. The molecule has 182 valence electrons. The molecule has 0 aromatic heterocycles. The van der Waals surface area contributed by atoms with Crippen LogP contribution in [0.5, 0.6) is 0 Å². The lowest BCUT2D eigenvalue weighted by molar-refractivity contribution is 0.00533. The van der Waals surface area contributed by atoms with Gasteiger partial charge in [-0.3, -0.25) is 4.52 Å². The molecular formula is C26H43O5P. The summed E-state index contributed by atoms with van der Waals surface area (Å²) in [4.78, 5) is 17.9. The van der Waals surface area contributed by atoms with E-state index in [1.54, 1.807) is 0 Å². The maximum atomic E-state index is 11.0. The summed E-state index contributed by atoms with van der Waals surface area (Å²) in [6.07, 6.45) is 16.6. The van der Waals surface area contributed by atoms with E-state index in [0.29, 0.717) is 13.0 Å². The second-order valence-electron chi connectivity index (χ2n) is 8.40. The largest absolute Gasteiger partial charge is 0.469 e. The first-order valence-electron chi connectivity index (χ1n) is 12.3. The number of phosphoric acid groups is 1. The Kier molecular flexibility index (Phi) is 17.4. The highest BCUT2D eigenvalue weighted by Crippen LogP contribution is 2.36. The van der Waals surface area contributed by atoms with Crippen LogP contribution in [0.1, 0.15) is 102 Å². The van der Waals surface area contributed by atoms with Crippen molar-refractivity contribution < 1.29 is 23.6 Å².